The molecule has 19 heavy (non-hydrogen) atoms. The highest BCUT2D eigenvalue weighted by Gasteiger charge is 2.10. The zero-order valence-corrected chi connectivity index (χ0v) is 13.2. The number of nitrogens with zero attached hydrogens (tertiary/aromatic N) is 1. The molecule has 0 heterocycles. The molecule has 0 amide bonds. The lowest BCUT2D eigenvalue weighted by Gasteiger charge is -2.15. The second-order valence-corrected chi connectivity index (χ2v) is 6.14. The number of nitro benzene ring substituents is 1. The Balaban J connectivity index is 2.51. The van der Waals surface area contributed by atoms with E-state index < -0.39 is 0 Å². The average molecular weight is 329 g/mol. The molecule has 1 N–H and O–H groups in total. The summed E-state index contributed by atoms with van der Waals surface area (Å²) in [7, 11) is 0. The van der Waals surface area contributed by atoms with Crippen LogP contribution in [-0.2, 0) is 6.54 Å². The quantitative estimate of drug-likeness (QED) is 0.600. The van der Waals surface area contributed by atoms with Gasteiger partial charge in [-0.1, -0.05) is 29.8 Å². The molecule has 1 unspecified atom stereocenters. The lowest BCUT2D eigenvalue weighted by Crippen LogP contribution is -2.25. The van der Waals surface area contributed by atoms with Gasteiger partial charge in [0.05, 0.1) is 4.92 Å². The molecule has 0 spiro atoms. The Kier molecular flexibility index (Phi) is 6.45. The van der Waals surface area contributed by atoms with Gasteiger partial charge in [-0.05, 0) is 37.3 Å². The molecule has 106 valence electrons. The summed E-state index contributed by atoms with van der Waals surface area (Å²) in [6.07, 6.45) is 2.35. The summed E-state index contributed by atoms with van der Waals surface area (Å²) in [5.74, 6) is 0.718. The molecule has 1 aromatic carbocycles. The van der Waals surface area contributed by atoms with E-state index in [1.54, 1.807) is 18.2 Å². The number of hydrogen-bond acceptors (Lipinski definition) is 3. The minimum absolute atomic E-state index is 0.114. The first kappa shape index (κ1) is 16.1. The van der Waals surface area contributed by atoms with Crippen molar-refractivity contribution in [2.45, 2.75) is 46.2 Å². The van der Waals surface area contributed by atoms with E-state index in [2.05, 4.69) is 42.0 Å². The van der Waals surface area contributed by atoms with Gasteiger partial charge >= 0.3 is 0 Å². The van der Waals surface area contributed by atoms with Gasteiger partial charge in [0, 0.05) is 29.2 Å². The maximum atomic E-state index is 10.6. The number of halogens is 1. The molecule has 0 bridgehead atoms. The van der Waals surface area contributed by atoms with E-state index in [4.69, 9.17) is 0 Å². The SMILES string of the molecule is CC(C)CCC(C)NCc1ccc([N+](=O)[O-])cc1Br. The first-order chi connectivity index (χ1) is 8.90. The van der Waals surface area contributed by atoms with Crippen LogP contribution in [0.15, 0.2) is 22.7 Å². The van der Waals surface area contributed by atoms with E-state index in [9.17, 15) is 10.1 Å². The number of nitrogens with one attached hydrogen (secondary N) is 1. The van der Waals surface area contributed by atoms with Gasteiger partial charge < -0.3 is 5.32 Å². The van der Waals surface area contributed by atoms with Crippen LogP contribution >= 0.6 is 15.9 Å². The summed E-state index contributed by atoms with van der Waals surface area (Å²) in [4.78, 5) is 10.3. The normalized spacial score (nSPS) is 12.7. The molecular formula is C14H21BrN2O2. The van der Waals surface area contributed by atoms with Crippen LogP contribution in [0.5, 0.6) is 0 Å². The lowest BCUT2D eigenvalue weighted by molar-refractivity contribution is -0.384. The Labute approximate surface area is 122 Å². The number of non-ortho nitro benzene ring substituents is 1. The molecule has 0 fully saturated rings. The zero-order chi connectivity index (χ0) is 14.4. The van der Waals surface area contributed by atoms with Crippen LogP contribution in [0, 0.1) is 16.0 Å². The van der Waals surface area contributed by atoms with Crippen LogP contribution in [0.2, 0.25) is 0 Å². The fourth-order valence-electron chi connectivity index (χ4n) is 1.76. The van der Waals surface area contributed by atoms with Crippen molar-refractivity contribution in [1.29, 1.82) is 0 Å². The third kappa shape index (κ3) is 5.70. The summed E-state index contributed by atoms with van der Waals surface area (Å²) >= 11 is 3.38. The predicted molar refractivity (Wildman–Crippen MR) is 81.2 cm³/mol. The van der Waals surface area contributed by atoms with Crippen molar-refractivity contribution in [2.75, 3.05) is 0 Å². The van der Waals surface area contributed by atoms with Crippen molar-refractivity contribution >= 4 is 21.6 Å². The van der Waals surface area contributed by atoms with Crippen molar-refractivity contribution in [3.05, 3.63) is 38.3 Å². The number of hydrogen-bond donors (Lipinski definition) is 1. The molecule has 0 aliphatic heterocycles. The molecule has 0 saturated carbocycles. The Morgan fingerprint density at radius 1 is 1.32 bits per heavy atom. The summed E-state index contributed by atoms with van der Waals surface area (Å²) in [6, 6.07) is 5.34. The monoisotopic (exact) mass is 328 g/mol. The fraction of sp³-hybridized carbons (Fsp3) is 0.571. The van der Waals surface area contributed by atoms with Crippen LogP contribution in [0.25, 0.3) is 0 Å². The summed E-state index contributed by atoms with van der Waals surface area (Å²) in [6.45, 7) is 7.33. The van der Waals surface area contributed by atoms with E-state index in [1.807, 2.05) is 0 Å². The Hall–Kier alpha value is -0.940. The summed E-state index contributed by atoms with van der Waals surface area (Å²) < 4.78 is 0.783. The van der Waals surface area contributed by atoms with Crippen LogP contribution in [-0.4, -0.2) is 11.0 Å². The van der Waals surface area contributed by atoms with Crippen molar-refractivity contribution < 1.29 is 4.92 Å². The van der Waals surface area contributed by atoms with Gasteiger partial charge in [-0.3, -0.25) is 10.1 Å². The Morgan fingerprint density at radius 2 is 2.00 bits per heavy atom. The van der Waals surface area contributed by atoms with Gasteiger partial charge in [0.25, 0.3) is 5.69 Å². The van der Waals surface area contributed by atoms with E-state index in [1.165, 1.54) is 6.42 Å². The van der Waals surface area contributed by atoms with E-state index in [-0.39, 0.29) is 10.6 Å². The van der Waals surface area contributed by atoms with Gasteiger partial charge in [-0.2, -0.15) is 0 Å². The maximum Gasteiger partial charge on any atom is 0.270 e. The van der Waals surface area contributed by atoms with Crippen LogP contribution in [0.3, 0.4) is 0 Å². The fourth-order valence-corrected chi connectivity index (χ4v) is 2.27. The molecule has 0 radical (unpaired) electrons. The van der Waals surface area contributed by atoms with Gasteiger partial charge in [-0.25, -0.2) is 0 Å². The van der Waals surface area contributed by atoms with Crippen molar-refractivity contribution in [3.63, 3.8) is 0 Å². The molecule has 1 rings (SSSR count). The average Bonchev–Trinajstić information content (AvgIpc) is 2.34. The largest absolute Gasteiger partial charge is 0.310 e. The number of nitro groups is 1. The summed E-state index contributed by atoms with van der Waals surface area (Å²) in [5.41, 5.74) is 1.16. The molecule has 0 aromatic heterocycles. The second-order valence-electron chi connectivity index (χ2n) is 5.29. The molecule has 4 nitrogen and oxygen atoms in total. The first-order valence-corrected chi connectivity index (χ1v) is 7.35. The van der Waals surface area contributed by atoms with E-state index in [0.717, 1.165) is 28.9 Å². The molecular weight excluding hydrogens is 308 g/mol. The Morgan fingerprint density at radius 3 is 2.53 bits per heavy atom. The highest BCUT2D eigenvalue weighted by atomic mass is 79.9. The van der Waals surface area contributed by atoms with Gasteiger partial charge in [0.15, 0.2) is 0 Å². The second kappa shape index (κ2) is 7.60. The third-order valence-corrected chi connectivity index (χ3v) is 3.80. The molecule has 0 aliphatic carbocycles. The van der Waals surface area contributed by atoms with Crippen molar-refractivity contribution in [3.8, 4) is 0 Å². The number of benzene rings is 1. The maximum absolute atomic E-state index is 10.6. The van der Waals surface area contributed by atoms with Gasteiger partial charge in [-0.15, -0.1) is 0 Å². The lowest BCUT2D eigenvalue weighted by atomic mass is 10.0. The predicted octanol–water partition coefficient (Wildman–Crippen LogP) is 4.27. The molecule has 1 aromatic rings. The molecule has 0 saturated heterocycles. The van der Waals surface area contributed by atoms with E-state index >= 15 is 0 Å². The minimum Gasteiger partial charge on any atom is -0.310 e. The third-order valence-electron chi connectivity index (χ3n) is 3.07. The van der Waals surface area contributed by atoms with Gasteiger partial charge in [0.2, 0.25) is 0 Å². The first-order valence-electron chi connectivity index (χ1n) is 6.56. The van der Waals surface area contributed by atoms with Crippen LogP contribution in [0.1, 0.15) is 39.2 Å². The summed E-state index contributed by atoms with van der Waals surface area (Å²) in [5, 5.41) is 14.1. The highest BCUT2D eigenvalue weighted by Crippen LogP contribution is 2.23. The van der Waals surface area contributed by atoms with Crippen molar-refractivity contribution in [2.24, 2.45) is 5.92 Å². The topological polar surface area (TPSA) is 55.2 Å². The number of rotatable bonds is 7. The van der Waals surface area contributed by atoms with Gasteiger partial charge in [0.1, 0.15) is 0 Å². The highest BCUT2D eigenvalue weighted by molar-refractivity contribution is 9.10. The van der Waals surface area contributed by atoms with E-state index in [0.29, 0.717) is 6.04 Å². The zero-order valence-electron chi connectivity index (χ0n) is 11.6. The molecule has 0 aliphatic rings. The van der Waals surface area contributed by atoms with Crippen LogP contribution < -0.4 is 5.32 Å². The standard InChI is InChI=1S/C14H21BrN2O2/c1-10(2)4-5-11(3)16-9-12-6-7-13(17(18)19)8-14(12)15/h6-8,10-11,16H,4-5,9H2,1-3H3. The minimum atomic E-state index is -0.382. The molecule has 1 atom stereocenters. The van der Waals surface area contributed by atoms with Crippen molar-refractivity contribution in [1.82, 2.24) is 5.32 Å². The van der Waals surface area contributed by atoms with Crippen LogP contribution in [0.4, 0.5) is 5.69 Å². The molecule has 5 heteroatoms. The smallest absolute Gasteiger partial charge is 0.270 e. The Bertz CT molecular complexity index is 435.